The van der Waals surface area contributed by atoms with Gasteiger partial charge in [0.05, 0.1) is 30.6 Å². The molecular weight excluding hydrogens is 412 g/mol. The maximum Gasteiger partial charge on any atom is 0.407 e. The average molecular weight is 439 g/mol. The number of methoxy groups -OCH3 is 1. The average Bonchev–Trinajstić information content (AvgIpc) is 3.32. The number of carbonyl (C=O) groups is 1. The Morgan fingerprint density at radius 2 is 2.00 bits per heavy atom. The lowest BCUT2D eigenvalue weighted by Gasteiger charge is -2.34. The van der Waals surface area contributed by atoms with Crippen molar-refractivity contribution in [2.24, 2.45) is 5.92 Å². The summed E-state index contributed by atoms with van der Waals surface area (Å²) in [6.45, 7) is 2.63. The second-order valence-electron chi connectivity index (χ2n) is 7.68. The normalized spacial score (nSPS) is 14.4. The van der Waals surface area contributed by atoms with Gasteiger partial charge in [-0.05, 0) is 55.2 Å². The summed E-state index contributed by atoms with van der Waals surface area (Å²) in [7, 11) is 1.66. The fourth-order valence-electron chi connectivity index (χ4n) is 3.90. The second-order valence-corrected chi connectivity index (χ2v) is 8.40. The molecule has 1 saturated heterocycles. The zero-order valence-corrected chi connectivity index (χ0v) is 18.3. The fourth-order valence-corrected chi connectivity index (χ4v) is 4.45. The van der Waals surface area contributed by atoms with E-state index in [9.17, 15) is 9.90 Å². The number of aromatic nitrogens is 2. The van der Waals surface area contributed by atoms with E-state index in [4.69, 9.17) is 9.72 Å². The van der Waals surface area contributed by atoms with Crippen molar-refractivity contribution in [2.75, 3.05) is 31.6 Å². The summed E-state index contributed by atoms with van der Waals surface area (Å²) in [4.78, 5) is 24.5. The lowest BCUT2D eigenvalue weighted by molar-refractivity contribution is 0.129. The van der Waals surface area contributed by atoms with Crippen molar-refractivity contribution >= 4 is 23.2 Å². The molecule has 1 aliphatic heterocycles. The van der Waals surface area contributed by atoms with E-state index in [2.05, 4.69) is 9.88 Å². The molecule has 8 heteroatoms. The number of anilines is 1. The number of amides is 1. The Kier molecular flexibility index (Phi) is 6.66. The van der Waals surface area contributed by atoms with Crippen LogP contribution >= 0.6 is 11.3 Å². The van der Waals surface area contributed by atoms with Crippen molar-refractivity contribution in [2.45, 2.75) is 19.4 Å². The lowest BCUT2D eigenvalue weighted by Crippen LogP contribution is -2.40. The Labute approximate surface area is 185 Å². The number of ether oxygens (including phenoxy) is 1. The van der Waals surface area contributed by atoms with Crippen LogP contribution in [0.25, 0.3) is 11.3 Å². The Morgan fingerprint density at radius 1 is 1.23 bits per heavy atom. The van der Waals surface area contributed by atoms with E-state index < -0.39 is 6.09 Å². The molecule has 1 fully saturated rings. The number of hydrogen-bond donors (Lipinski definition) is 1. The minimum absolute atomic E-state index is 0.343. The monoisotopic (exact) mass is 438 g/mol. The largest absolute Gasteiger partial charge is 0.497 e. The molecule has 4 rings (SSSR count). The molecule has 0 aliphatic carbocycles. The van der Waals surface area contributed by atoms with Crippen molar-refractivity contribution in [3.8, 4) is 17.0 Å². The number of rotatable bonds is 7. The first-order valence-electron chi connectivity index (χ1n) is 10.3. The maximum absolute atomic E-state index is 11.7. The highest BCUT2D eigenvalue weighted by atomic mass is 32.1. The first-order chi connectivity index (χ1) is 15.1. The van der Waals surface area contributed by atoms with Gasteiger partial charge in [-0.1, -0.05) is 6.07 Å². The molecule has 3 heterocycles. The quantitative estimate of drug-likeness (QED) is 0.580. The van der Waals surface area contributed by atoms with Crippen LogP contribution in [0.5, 0.6) is 5.75 Å². The topological polar surface area (TPSA) is 78.8 Å². The third-order valence-electron chi connectivity index (χ3n) is 5.64. The molecule has 1 aliphatic rings. The van der Waals surface area contributed by atoms with E-state index in [0.717, 1.165) is 54.4 Å². The summed E-state index contributed by atoms with van der Waals surface area (Å²) >= 11 is 1.49. The van der Waals surface area contributed by atoms with Gasteiger partial charge in [-0.15, -0.1) is 11.3 Å². The highest BCUT2D eigenvalue weighted by Crippen LogP contribution is 2.26. The molecule has 1 N–H and O–H groups in total. The summed E-state index contributed by atoms with van der Waals surface area (Å²) in [5.74, 6) is 2.13. The van der Waals surface area contributed by atoms with Crippen molar-refractivity contribution in [1.29, 1.82) is 0 Å². The zero-order chi connectivity index (χ0) is 21.6. The van der Waals surface area contributed by atoms with E-state index >= 15 is 0 Å². The molecule has 0 radical (unpaired) electrons. The van der Waals surface area contributed by atoms with Crippen LogP contribution in [0.15, 0.2) is 53.4 Å². The minimum Gasteiger partial charge on any atom is -0.497 e. The van der Waals surface area contributed by atoms with Crippen LogP contribution in [0.2, 0.25) is 0 Å². The molecule has 7 nitrogen and oxygen atoms in total. The van der Waals surface area contributed by atoms with E-state index in [0.29, 0.717) is 19.0 Å². The Balaban J connectivity index is 1.36. The van der Waals surface area contributed by atoms with Gasteiger partial charge < -0.3 is 19.6 Å². The highest BCUT2D eigenvalue weighted by molar-refractivity contribution is 7.07. The molecule has 0 atom stereocenters. The molecule has 1 aromatic carbocycles. The van der Waals surface area contributed by atoms with Crippen LogP contribution in [-0.4, -0.2) is 52.8 Å². The lowest BCUT2D eigenvalue weighted by atomic mass is 9.96. The maximum atomic E-state index is 11.7. The van der Waals surface area contributed by atoms with Gasteiger partial charge in [-0.3, -0.25) is 0 Å². The summed E-state index contributed by atoms with van der Waals surface area (Å²) in [6.07, 6.45) is 0.995. The SMILES string of the molecule is COc1ccc(-c2cccc(N3CCC(CN(Cc4cscn4)C(=O)O)CC3)n2)cc1. The number of nitrogens with zero attached hydrogens (tertiary/aromatic N) is 4. The van der Waals surface area contributed by atoms with Crippen molar-refractivity contribution < 1.29 is 14.6 Å². The first-order valence-corrected chi connectivity index (χ1v) is 11.3. The predicted octanol–water partition coefficient (Wildman–Crippen LogP) is 4.61. The van der Waals surface area contributed by atoms with Gasteiger partial charge >= 0.3 is 6.09 Å². The third kappa shape index (κ3) is 5.32. The number of thiazole rings is 1. The van der Waals surface area contributed by atoms with Crippen LogP contribution in [0.1, 0.15) is 18.5 Å². The molecule has 162 valence electrons. The van der Waals surface area contributed by atoms with Crippen LogP contribution in [0, 0.1) is 5.92 Å². The number of benzene rings is 1. The smallest absolute Gasteiger partial charge is 0.407 e. The predicted molar refractivity (Wildman–Crippen MR) is 122 cm³/mol. The van der Waals surface area contributed by atoms with Gasteiger partial charge in [0.1, 0.15) is 11.6 Å². The third-order valence-corrected chi connectivity index (χ3v) is 6.28. The van der Waals surface area contributed by atoms with Crippen molar-refractivity contribution in [3.63, 3.8) is 0 Å². The van der Waals surface area contributed by atoms with Gasteiger partial charge in [-0.2, -0.15) is 0 Å². The number of piperidine rings is 1. The zero-order valence-electron chi connectivity index (χ0n) is 17.5. The summed E-state index contributed by atoms with van der Waals surface area (Å²) < 4.78 is 5.23. The van der Waals surface area contributed by atoms with E-state index in [1.807, 2.05) is 47.8 Å². The molecule has 31 heavy (non-hydrogen) atoms. The molecular formula is C23H26N4O3S. The first kappa shape index (κ1) is 21.1. The minimum atomic E-state index is -0.885. The molecule has 0 bridgehead atoms. The van der Waals surface area contributed by atoms with E-state index in [1.54, 1.807) is 12.6 Å². The molecule has 0 saturated carbocycles. The summed E-state index contributed by atoms with van der Waals surface area (Å²) in [5, 5.41) is 11.5. The Morgan fingerprint density at radius 3 is 2.65 bits per heavy atom. The fraction of sp³-hybridized carbons (Fsp3) is 0.348. The molecule has 0 unspecified atom stereocenters. The second kappa shape index (κ2) is 9.78. The van der Waals surface area contributed by atoms with Crippen molar-refractivity contribution in [1.82, 2.24) is 14.9 Å². The molecule has 0 spiro atoms. The van der Waals surface area contributed by atoms with E-state index in [-0.39, 0.29) is 0 Å². The summed E-state index contributed by atoms with van der Waals surface area (Å²) in [6, 6.07) is 14.0. The van der Waals surface area contributed by atoms with Gasteiger partial charge in [-0.25, -0.2) is 14.8 Å². The Hall–Kier alpha value is -3.13. The van der Waals surface area contributed by atoms with Crippen molar-refractivity contribution in [3.05, 3.63) is 59.0 Å². The molecule has 3 aromatic rings. The van der Waals surface area contributed by atoms with Crippen LogP contribution in [0.4, 0.5) is 10.6 Å². The highest BCUT2D eigenvalue weighted by Gasteiger charge is 2.24. The van der Waals surface area contributed by atoms with Crippen LogP contribution < -0.4 is 9.64 Å². The number of hydrogen-bond acceptors (Lipinski definition) is 6. The van der Waals surface area contributed by atoms with Gasteiger partial charge in [0.25, 0.3) is 0 Å². The van der Waals surface area contributed by atoms with Crippen LogP contribution in [-0.2, 0) is 6.54 Å². The van der Waals surface area contributed by atoms with Crippen LogP contribution in [0.3, 0.4) is 0 Å². The van der Waals surface area contributed by atoms with Gasteiger partial charge in [0.2, 0.25) is 0 Å². The molecule has 2 aromatic heterocycles. The van der Waals surface area contributed by atoms with Gasteiger partial charge in [0, 0.05) is 30.6 Å². The van der Waals surface area contributed by atoms with E-state index in [1.165, 1.54) is 16.2 Å². The Bertz CT molecular complexity index is 986. The number of carboxylic acid groups (broad SMARTS) is 1. The van der Waals surface area contributed by atoms with Gasteiger partial charge in [0.15, 0.2) is 0 Å². The number of pyridine rings is 1. The summed E-state index contributed by atoms with van der Waals surface area (Å²) in [5.41, 5.74) is 4.53. The molecule has 1 amide bonds. The standard InChI is InChI=1S/C23H26N4O3S/c1-30-20-7-5-18(6-8-20)21-3-2-4-22(25-21)26-11-9-17(10-12-26)13-27(23(28)29)14-19-15-31-16-24-19/h2-8,15-17H,9-14H2,1H3,(H,28,29).